The molecule has 0 amide bonds. The second kappa shape index (κ2) is 31.5. The molecule has 0 spiro atoms. The summed E-state index contributed by atoms with van der Waals surface area (Å²) in [5.74, 6) is 0.798. The molecule has 14 heteroatoms. The van der Waals surface area contributed by atoms with Crippen LogP contribution in [-0.4, -0.2) is 39.3 Å². The van der Waals surface area contributed by atoms with Crippen molar-refractivity contribution in [1.29, 1.82) is 0 Å². The first-order valence-corrected chi connectivity index (χ1v) is 28.6. The van der Waals surface area contributed by atoms with Crippen LogP contribution in [0.1, 0.15) is 82.1 Å². The Morgan fingerprint density at radius 1 is 0.478 bits per heavy atom. The van der Waals surface area contributed by atoms with E-state index in [0.29, 0.717) is 0 Å². The number of nitrogens with zero attached hydrogens (tertiary/aromatic N) is 9. The quantitative estimate of drug-likeness (QED) is 0.127. The largest absolute Gasteiger partial charge is 0.662 e. The van der Waals surface area contributed by atoms with E-state index in [1.165, 1.54) is 49.7 Å². The van der Waals surface area contributed by atoms with E-state index in [1.807, 2.05) is 110 Å². The molecule has 9 nitrogen and oxygen atoms in total. The molecule has 0 saturated carbocycles. The molecule has 0 atom stereocenters. The molecule has 8 aromatic heterocycles. The van der Waals surface area contributed by atoms with Crippen LogP contribution in [-0.2, 0) is 117 Å². The minimum Gasteiger partial charge on any atom is -0.662 e. The van der Waals surface area contributed by atoms with Gasteiger partial charge in [-0.1, -0.05) is 162 Å². The molecule has 0 aliphatic heterocycles. The number of pyridine rings is 5. The van der Waals surface area contributed by atoms with E-state index in [0.717, 1.165) is 78.1 Å². The van der Waals surface area contributed by atoms with Crippen molar-refractivity contribution in [1.82, 2.24) is 44.3 Å². The average molecular weight is 2070 g/mol. The maximum atomic E-state index is 4.79. The minimum absolute atomic E-state index is 0. The van der Waals surface area contributed by atoms with Gasteiger partial charge < -0.3 is 34.3 Å². The van der Waals surface area contributed by atoms with Crippen molar-refractivity contribution in [2.45, 2.75) is 85.5 Å². The molecule has 5 radical (unpaired) electrons. The van der Waals surface area contributed by atoms with Crippen molar-refractivity contribution in [2.75, 3.05) is 0 Å². The summed E-state index contributed by atoms with van der Waals surface area (Å²) in [4.78, 5) is 35.1. The van der Waals surface area contributed by atoms with Gasteiger partial charge in [-0.05, 0) is 118 Å². The Kier molecular flexibility index (Phi) is 25.3. The first kappa shape index (κ1) is 72.3. The number of aromatic nitrogens is 9. The molecule has 1 aliphatic carbocycles. The number of hydrogen-bond acceptors (Lipinski definition) is 7. The Balaban J connectivity index is 0.000000181. The van der Waals surface area contributed by atoms with Crippen LogP contribution >= 0.6 is 0 Å². The van der Waals surface area contributed by atoms with Crippen molar-refractivity contribution in [3.05, 3.63) is 277 Å². The summed E-state index contributed by atoms with van der Waals surface area (Å²) in [5, 5.41) is 5.80. The third-order valence-electron chi connectivity index (χ3n) is 16.2. The number of fused-ring (bicyclic) bond motifs is 12. The van der Waals surface area contributed by atoms with Crippen LogP contribution < -0.4 is 4.98 Å². The fraction of sp³-hybridized carbons (Fsp3) is 0.171. The maximum absolute atomic E-state index is 4.79. The molecule has 15 rings (SSSR count). The summed E-state index contributed by atoms with van der Waals surface area (Å²) < 4.78 is 2.28. The van der Waals surface area contributed by atoms with Gasteiger partial charge in [-0.25, -0.2) is 0 Å². The molecule has 8 heterocycles. The number of imidazole rings is 1. The van der Waals surface area contributed by atoms with E-state index >= 15 is 0 Å². The van der Waals surface area contributed by atoms with Crippen LogP contribution in [0.4, 0.5) is 0 Å². The van der Waals surface area contributed by atoms with Gasteiger partial charge in [-0.2, -0.15) is 6.20 Å². The van der Waals surface area contributed by atoms with Crippen molar-refractivity contribution >= 4 is 49.1 Å². The number of benzene rings is 6. The molecule has 1 aliphatic rings. The molecule has 0 saturated heterocycles. The SMILES string of the molecule is CC(C)(C)c1n[c-]c(-c2ccccn2)cn1.CC1(C)c2ccc[c-]c2-c2ncccc2C1(C)C.Cc1cccc(C)c1-c1cnc2c3[c-]cccc3c3ccccc3n12.Cc1cccnc1-c1[c-]cccc1.[Ir].[Ir].[Ir].[Ir].[Ir].c1cnc2c(c1)ccc1cc[n-]c12. The average Bonchev–Trinajstić information content (AvgIpc) is 0.923. The Bertz CT molecular complexity index is 4560. The molecule has 0 fully saturated rings. The summed E-state index contributed by atoms with van der Waals surface area (Å²) in [6, 6.07) is 69.4. The van der Waals surface area contributed by atoms with Gasteiger partial charge in [0.2, 0.25) is 0 Å². The van der Waals surface area contributed by atoms with Crippen molar-refractivity contribution in [3.63, 3.8) is 0 Å². The number of rotatable bonds is 3. The fourth-order valence-electron chi connectivity index (χ4n) is 11.1. The summed E-state index contributed by atoms with van der Waals surface area (Å²) in [6.45, 7) is 21.9. The Labute approximate surface area is 596 Å². The summed E-state index contributed by atoms with van der Waals surface area (Å²) in [6.07, 6.45) is 15.8. The number of aryl methyl sites for hydroxylation is 3. The third-order valence-corrected chi connectivity index (χ3v) is 16.2. The molecule has 0 bridgehead atoms. The molecule has 14 aromatic rings. The summed E-state index contributed by atoms with van der Waals surface area (Å²) >= 11 is 0. The zero-order chi connectivity index (χ0) is 59.3. The van der Waals surface area contributed by atoms with Gasteiger partial charge in [-0.15, -0.1) is 106 Å². The van der Waals surface area contributed by atoms with E-state index < -0.39 is 0 Å². The molecule has 90 heavy (non-hydrogen) atoms. The summed E-state index contributed by atoms with van der Waals surface area (Å²) in [5.41, 5.74) is 19.0. The maximum Gasteiger partial charge on any atom is 0.0639 e. The topological polar surface area (TPSA) is 109 Å². The fourth-order valence-corrected chi connectivity index (χ4v) is 11.1. The second-order valence-corrected chi connectivity index (χ2v) is 23.3. The first-order valence-electron chi connectivity index (χ1n) is 28.6. The van der Waals surface area contributed by atoms with Gasteiger partial charge in [0.05, 0.1) is 16.9 Å². The number of hydrogen-bond donors (Lipinski definition) is 0. The zero-order valence-electron chi connectivity index (χ0n) is 51.5. The Hall–Kier alpha value is -6.74. The normalized spacial score (nSPS) is 12.1. The Morgan fingerprint density at radius 3 is 1.81 bits per heavy atom. The summed E-state index contributed by atoms with van der Waals surface area (Å²) in [7, 11) is 0. The van der Waals surface area contributed by atoms with Gasteiger partial charge >= 0.3 is 0 Å². The first-order chi connectivity index (χ1) is 41.1. The van der Waals surface area contributed by atoms with Crippen LogP contribution in [0.15, 0.2) is 219 Å². The molecule has 0 unspecified atom stereocenters. The standard InChI is InChI=1S/C23H17N2.C17H18N.C13H14N3.C12H10N.C11H7N2.5Ir/c1-15-8-7-9-16(2)22(15)21-14-24-23-19-12-4-3-10-17(19)18-11-5-6-13-20(18)25(21)23;1-16(2)13-9-6-5-8-12(13)15-14(17(16,3)4)10-7-11-18-15;1-13(2,3)12-15-8-10(9-16-12)11-6-4-5-7-14-11;1-10-6-5-9-13-12(10)11-7-3-2-4-8-11;1-2-8-3-4-9-5-7-13-11(9)10(8)12-6-1;;;;;/h3-11,13-14H,1-2H3;5-7,9-11H,1-4H3;4-8H,1-3H3;2-7,9H,1H3;1-7H;;;;;/q5*-1;;;;;. The van der Waals surface area contributed by atoms with E-state index in [9.17, 15) is 0 Å². The molecular formula is C76H66Ir5N9-5. The molecule has 465 valence electrons. The van der Waals surface area contributed by atoms with Gasteiger partial charge in [0.15, 0.2) is 0 Å². The smallest absolute Gasteiger partial charge is 0.0639 e. The molecule has 0 N–H and O–H groups in total. The van der Waals surface area contributed by atoms with Crippen LogP contribution in [0.3, 0.4) is 0 Å². The van der Waals surface area contributed by atoms with Gasteiger partial charge in [0.25, 0.3) is 0 Å². The minimum atomic E-state index is -0.0425. The predicted octanol–water partition coefficient (Wildman–Crippen LogP) is 17.7. The zero-order valence-corrected chi connectivity index (χ0v) is 63.5. The van der Waals surface area contributed by atoms with Crippen LogP contribution in [0.25, 0.3) is 94.2 Å². The number of para-hydroxylation sites is 1. The molecule has 6 aromatic carbocycles. The van der Waals surface area contributed by atoms with Crippen molar-refractivity contribution in [2.24, 2.45) is 0 Å². The van der Waals surface area contributed by atoms with Crippen molar-refractivity contribution < 1.29 is 101 Å². The monoisotopic (exact) mass is 2070 g/mol. The van der Waals surface area contributed by atoms with E-state index in [-0.39, 0.29) is 117 Å². The van der Waals surface area contributed by atoms with E-state index in [1.54, 1.807) is 18.6 Å². The van der Waals surface area contributed by atoms with Crippen LogP contribution in [0.2, 0.25) is 0 Å². The van der Waals surface area contributed by atoms with Crippen LogP contribution in [0, 0.1) is 45.2 Å². The van der Waals surface area contributed by atoms with E-state index in [2.05, 4.69) is 224 Å². The van der Waals surface area contributed by atoms with E-state index in [4.69, 9.17) is 4.98 Å². The van der Waals surface area contributed by atoms with Crippen LogP contribution in [0.5, 0.6) is 0 Å². The third kappa shape index (κ3) is 15.1. The second-order valence-electron chi connectivity index (χ2n) is 23.3. The van der Waals surface area contributed by atoms with Gasteiger partial charge in [0.1, 0.15) is 0 Å². The predicted molar refractivity (Wildman–Crippen MR) is 347 cm³/mol. The van der Waals surface area contributed by atoms with Crippen molar-refractivity contribution in [3.8, 4) is 45.0 Å². The Morgan fingerprint density at radius 2 is 1.10 bits per heavy atom. The molecular weight excluding hydrogens is 2000 g/mol. The van der Waals surface area contributed by atoms with Gasteiger partial charge in [-0.3, -0.25) is 9.97 Å². The van der Waals surface area contributed by atoms with Gasteiger partial charge in [0, 0.05) is 148 Å².